The van der Waals surface area contributed by atoms with Gasteiger partial charge >= 0.3 is 0 Å². The number of hydrogen-bond donors (Lipinski definition) is 1. The van der Waals surface area contributed by atoms with Crippen molar-refractivity contribution in [1.29, 1.82) is 0 Å². The molecule has 1 fully saturated rings. The SMILES string of the molecule is C[C@@H](C(=O)N1CCC2(CC1)Cc1ccccc1[C@H]2N)c1ccc(F)cc1. The van der Waals surface area contributed by atoms with E-state index in [0.717, 1.165) is 37.9 Å². The van der Waals surface area contributed by atoms with E-state index in [1.807, 2.05) is 11.8 Å². The highest BCUT2D eigenvalue weighted by Crippen LogP contribution is 2.50. The second-order valence-electron chi connectivity index (χ2n) is 7.81. The molecule has 2 atom stereocenters. The average molecular weight is 352 g/mol. The third kappa shape index (κ3) is 2.82. The Hall–Kier alpha value is -2.20. The van der Waals surface area contributed by atoms with Crippen LogP contribution in [-0.2, 0) is 11.2 Å². The minimum Gasteiger partial charge on any atom is -0.342 e. The third-order valence-corrected chi connectivity index (χ3v) is 6.40. The first-order valence-corrected chi connectivity index (χ1v) is 9.38. The molecule has 1 amide bonds. The van der Waals surface area contributed by atoms with Crippen molar-refractivity contribution >= 4 is 5.91 Å². The number of nitrogens with two attached hydrogens (primary N) is 1. The Morgan fingerprint density at radius 3 is 2.46 bits per heavy atom. The second kappa shape index (κ2) is 6.51. The van der Waals surface area contributed by atoms with Crippen molar-refractivity contribution in [2.45, 2.75) is 38.1 Å². The zero-order valence-electron chi connectivity index (χ0n) is 15.1. The number of halogens is 1. The van der Waals surface area contributed by atoms with Gasteiger partial charge in [0, 0.05) is 19.1 Å². The summed E-state index contributed by atoms with van der Waals surface area (Å²) in [6.45, 7) is 3.38. The van der Waals surface area contributed by atoms with Crippen LogP contribution in [-0.4, -0.2) is 23.9 Å². The molecule has 2 N–H and O–H groups in total. The van der Waals surface area contributed by atoms with Crippen LogP contribution in [0.1, 0.15) is 48.4 Å². The third-order valence-electron chi connectivity index (χ3n) is 6.40. The van der Waals surface area contributed by atoms with Gasteiger partial charge in [0.2, 0.25) is 5.91 Å². The number of hydrogen-bond acceptors (Lipinski definition) is 2. The molecule has 0 saturated carbocycles. The maximum atomic E-state index is 13.1. The number of carbonyl (C=O) groups is 1. The predicted octanol–water partition coefficient (Wildman–Crippen LogP) is 3.79. The fourth-order valence-electron chi connectivity index (χ4n) is 4.65. The molecule has 0 unspecified atom stereocenters. The van der Waals surface area contributed by atoms with Crippen molar-refractivity contribution in [2.75, 3.05) is 13.1 Å². The maximum absolute atomic E-state index is 13.1. The standard InChI is InChI=1S/C22H25FN2O/c1-15(16-6-8-18(23)9-7-16)21(26)25-12-10-22(11-13-25)14-17-4-2-3-5-19(17)20(22)24/h2-9,15,20H,10-14,24H2,1H3/t15-,20-/m1/s1. The van der Waals surface area contributed by atoms with E-state index in [1.165, 1.54) is 23.3 Å². The number of nitrogens with zero attached hydrogens (tertiary/aromatic N) is 1. The first-order chi connectivity index (χ1) is 12.5. The van der Waals surface area contributed by atoms with Gasteiger partial charge in [-0.3, -0.25) is 4.79 Å². The van der Waals surface area contributed by atoms with Gasteiger partial charge in [-0.05, 0) is 60.4 Å². The summed E-state index contributed by atoms with van der Waals surface area (Å²) in [5.41, 5.74) is 10.2. The van der Waals surface area contributed by atoms with E-state index in [-0.39, 0.29) is 29.1 Å². The number of piperidine rings is 1. The number of likely N-dealkylation sites (tertiary alicyclic amines) is 1. The molecule has 136 valence electrons. The van der Waals surface area contributed by atoms with Crippen LogP contribution in [0.15, 0.2) is 48.5 Å². The summed E-state index contributed by atoms with van der Waals surface area (Å²) in [4.78, 5) is 14.8. The van der Waals surface area contributed by atoms with Crippen LogP contribution in [0.3, 0.4) is 0 Å². The lowest BCUT2D eigenvalue weighted by molar-refractivity contribution is -0.135. The van der Waals surface area contributed by atoms with Crippen LogP contribution in [0.5, 0.6) is 0 Å². The summed E-state index contributed by atoms with van der Waals surface area (Å²) in [5, 5.41) is 0. The molecule has 1 spiro atoms. The van der Waals surface area contributed by atoms with Crippen LogP contribution >= 0.6 is 0 Å². The summed E-state index contributed by atoms with van der Waals surface area (Å²) in [7, 11) is 0. The topological polar surface area (TPSA) is 46.3 Å². The van der Waals surface area contributed by atoms with E-state index in [4.69, 9.17) is 5.73 Å². The van der Waals surface area contributed by atoms with Gasteiger partial charge in [-0.15, -0.1) is 0 Å². The molecule has 0 bridgehead atoms. The molecule has 0 radical (unpaired) electrons. The zero-order valence-corrected chi connectivity index (χ0v) is 15.1. The largest absolute Gasteiger partial charge is 0.342 e. The molecule has 3 nitrogen and oxygen atoms in total. The van der Waals surface area contributed by atoms with Crippen LogP contribution in [0.4, 0.5) is 4.39 Å². The van der Waals surface area contributed by atoms with E-state index in [0.29, 0.717) is 0 Å². The summed E-state index contributed by atoms with van der Waals surface area (Å²) >= 11 is 0. The van der Waals surface area contributed by atoms with E-state index < -0.39 is 0 Å². The number of carbonyl (C=O) groups excluding carboxylic acids is 1. The summed E-state index contributed by atoms with van der Waals surface area (Å²) < 4.78 is 13.1. The molecular formula is C22H25FN2O. The zero-order chi connectivity index (χ0) is 18.3. The lowest BCUT2D eigenvalue weighted by atomic mass is 9.73. The fraction of sp³-hybridized carbons (Fsp3) is 0.409. The molecule has 2 aromatic rings. The minimum atomic E-state index is -0.275. The van der Waals surface area contributed by atoms with Gasteiger partial charge in [0.15, 0.2) is 0 Å². The van der Waals surface area contributed by atoms with Crippen molar-refractivity contribution in [3.8, 4) is 0 Å². The summed E-state index contributed by atoms with van der Waals surface area (Å²) in [5.74, 6) is -0.405. The van der Waals surface area contributed by atoms with E-state index >= 15 is 0 Å². The molecule has 4 heteroatoms. The van der Waals surface area contributed by atoms with Crippen molar-refractivity contribution in [3.63, 3.8) is 0 Å². The molecule has 2 aliphatic rings. The van der Waals surface area contributed by atoms with Crippen LogP contribution in [0, 0.1) is 11.2 Å². The Morgan fingerprint density at radius 1 is 1.15 bits per heavy atom. The summed E-state index contributed by atoms with van der Waals surface area (Å²) in [6.07, 6.45) is 2.88. The first-order valence-electron chi connectivity index (χ1n) is 9.38. The highest BCUT2D eigenvalue weighted by Gasteiger charge is 2.46. The van der Waals surface area contributed by atoms with Crippen LogP contribution in [0.2, 0.25) is 0 Å². The predicted molar refractivity (Wildman–Crippen MR) is 100 cm³/mol. The molecule has 1 aliphatic heterocycles. The van der Waals surface area contributed by atoms with Crippen LogP contribution in [0.25, 0.3) is 0 Å². The van der Waals surface area contributed by atoms with Gasteiger partial charge < -0.3 is 10.6 Å². The van der Waals surface area contributed by atoms with Crippen molar-refractivity contribution in [3.05, 3.63) is 71.0 Å². The summed E-state index contributed by atoms with van der Waals surface area (Å²) in [6, 6.07) is 14.7. The maximum Gasteiger partial charge on any atom is 0.229 e. The van der Waals surface area contributed by atoms with Crippen molar-refractivity contribution < 1.29 is 9.18 Å². The quantitative estimate of drug-likeness (QED) is 0.894. The fourth-order valence-corrected chi connectivity index (χ4v) is 4.65. The number of amides is 1. The first kappa shape index (κ1) is 17.2. The highest BCUT2D eigenvalue weighted by atomic mass is 19.1. The lowest BCUT2D eigenvalue weighted by Gasteiger charge is -2.42. The van der Waals surface area contributed by atoms with Gasteiger partial charge in [0.1, 0.15) is 5.82 Å². The minimum absolute atomic E-state index is 0.0606. The normalized spacial score (nSPS) is 22.3. The molecular weight excluding hydrogens is 327 g/mol. The lowest BCUT2D eigenvalue weighted by Crippen LogP contribution is -2.47. The molecule has 26 heavy (non-hydrogen) atoms. The van der Waals surface area contributed by atoms with Gasteiger partial charge in [-0.1, -0.05) is 36.4 Å². The molecule has 4 rings (SSSR count). The smallest absolute Gasteiger partial charge is 0.229 e. The Balaban J connectivity index is 1.44. The van der Waals surface area contributed by atoms with E-state index in [2.05, 4.69) is 24.3 Å². The van der Waals surface area contributed by atoms with E-state index in [1.54, 1.807) is 12.1 Å². The average Bonchev–Trinajstić information content (AvgIpc) is 2.94. The van der Waals surface area contributed by atoms with Crippen LogP contribution < -0.4 is 5.73 Å². The molecule has 1 aliphatic carbocycles. The van der Waals surface area contributed by atoms with Crippen molar-refractivity contribution in [1.82, 2.24) is 4.90 Å². The molecule has 1 saturated heterocycles. The number of rotatable bonds is 2. The van der Waals surface area contributed by atoms with Gasteiger partial charge in [0.25, 0.3) is 0 Å². The van der Waals surface area contributed by atoms with Crippen molar-refractivity contribution in [2.24, 2.45) is 11.1 Å². The Kier molecular flexibility index (Phi) is 4.31. The Labute approximate surface area is 154 Å². The Morgan fingerprint density at radius 2 is 1.81 bits per heavy atom. The number of fused-ring (bicyclic) bond motifs is 1. The highest BCUT2D eigenvalue weighted by molar-refractivity contribution is 5.83. The van der Waals surface area contributed by atoms with Gasteiger partial charge in [-0.25, -0.2) is 4.39 Å². The van der Waals surface area contributed by atoms with Gasteiger partial charge in [0.05, 0.1) is 5.92 Å². The number of benzene rings is 2. The monoisotopic (exact) mass is 352 g/mol. The molecule has 1 heterocycles. The Bertz CT molecular complexity index is 809. The van der Waals surface area contributed by atoms with Gasteiger partial charge in [-0.2, -0.15) is 0 Å². The second-order valence-corrected chi connectivity index (χ2v) is 7.81. The molecule has 0 aromatic heterocycles. The molecule has 2 aromatic carbocycles. The van der Waals surface area contributed by atoms with E-state index in [9.17, 15) is 9.18 Å².